The molecule has 0 N–H and O–H groups in total. The molecule has 2 aromatic rings. The molecule has 0 aromatic heterocycles. The Morgan fingerprint density at radius 2 is 1.71 bits per heavy atom. The van der Waals surface area contributed by atoms with Crippen LogP contribution in [0.5, 0.6) is 0 Å². The van der Waals surface area contributed by atoms with E-state index in [2.05, 4.69) is 73.3 Å². The van der Waals surface area contributed by atoms with Crippen molar-refractivity contribution in [3.8, 4) is 0 Å². The number of anilines is 1. The third-order valence-corrected chi connectivity index (χ3v) is 6.57. The number of hydrogen-bond donors (Lipinski definition) is 0. The molecule has 4 heteroatoms. The largest absolute Gasteiger partial charge is 0.378 e. The standard InChI is InChI=1S/C27H38N2O2/c1-6-25(30)29(20-22-12-14-24(15-13-22)28(4)5)18-16-27(23-10-8-7-9-11-23)17-19-31-26(2,3)21-27/h7-15H,6,16-21H2,1-5H3/t27-/m1/s1. The van der Waals surface area contributed by atoms with Crippen molar-refractivity contribution in [1.29, 1.82) is 0 Å². The summed E-state index contributed by atoms with van der Waals surface area (Å²) in [5, 5.41) is 0. The first-order chi connectivity index (χ1) is 14.7. The molecule has 0 radical (unpaired) electrons. The van der Waals surface area contributed by atoms with Crippen LogP contribution >= 0.6 is 0 Å². The lowest BCUT2D eigenvalue weighted by Gasteiger charge is -2.46. The van der Waals surface area contributed by atoms with Crippen LogP contribution in [0, 0.1) is 0 Å². The zero-order valence-corrected chi connectivity index (χ0v) is 19.9. The van der Waals surface area contributed by atoms with E-state index < -0.39 is 0 Å². The minimum absolute atomic E-state index is 0.0318. The third kappa shape index (κ3) is 5.88. The summed E-state index contributed by atoms with van der Waals surface area (Å²) in [6.07, 6.45) is 3.44. The maximum absolute atomic E-state index is 12.8. The lowest BCUT2D eigenvalue weighted by Crippen LogP contribution is -2.46. The average Bonchev–Trinajstić information content (AvgIpc) is 2.76. The van der Waals surface area contributed by atoms with E-state index in [-0.39, 0.29) is 16.9 Å². The smallest absolute Gasteiger partial charge is 0.222 e. The van der Waals surface area contributed by atoms with Gasteiger partial charge >= 0.3 is 0 Å². The van der Waals surface area contributed by atoms with Gasteiger partial charge < -0.3 is 14.5 Å². The van der Waals surface area contributed by atoms with Gasteiger partial charge in [-0.2, -0.15) is 0 Å². The zero-order valence-electron chi connectivity index (χ0n) is 19.9. The predicted octanol–water partition coefficient (Wildman–Crippen LogP) is 5.41. The summed E-state index contributed by atoms with van der Waals surface area (Å²) >= 11 is 0. The van der Waals surface area contributed by atoms with Crippen molar-refractivity contribution in [2.24, 2.45) is 0 Å². The molecule has 168 valence electrons. The summed E-state index contributed by atoms with van der Waals surface area (Å²) in [5.41, 5.74) is 3.59. The maximum atomic E-state index is 12.8. The molecule has 31 heavy (non-hydrogen) atoms. The topological polar surface area (TPSA) is 32.8 Å². The van der Waals surface area contributed by atoms with Crippen molar-refractivity contribution in [2.75, 3.05) is 32.1 Å². The number of carbonyl (C=O) groups is 1. The number of carbonyl (C=O) groups excluding carboxylic acids is 1. The molecule has 3 rings (SSSR count). The number of rotatable bonds is 8. The molecule has 1 aliphatic heterocycles. The number of benzene rings is 2. The van der Waals surface area contributed by atoms with Gasteiger partial charge in [-0.3, -0.25) is 4.79 Å². The first-order valence-corrected chi connectivity index (χ1v) is 11.5. The maximum Gasteiger partial charge on any atom is 0.222 e. The molecule has 1 aliphatic rings. The molecule has 1 saturated heterocycles. The van der Waals surface area contributed by atoms with E-state index in [0.717, 1.165) is 32.4 Å². The van der Waals surface area contributed by atoms with E-state index >= 15 is 0 Å². The highest BCUT2D eigenvalue weighted by Crippen LogP contribution is 2.44. The van der Waals surface area contributed by atoms with Crippen LogP contribution in [0.4, 0.5) is 5.69 Å². The van der Waals surface area contributed by atoms with E-state index in [4.69, 9.17) is 4.74 Å². The summed E-state index contributed by atoms with van der Waals surface area (Å²) in [6, 6.07) is 19.3. The van der Waals surface area contributed by atoms with Gasteiger partial charge in [0.1, 0.15) is 0 Å². The van der Waals surface area contributed by atoms with Crippen LogP contribution in [0.25, 0.3) is 0 Å². The highest BCUT2D eigenvalue weighted by atomic mass is 16.5. The van der Waals surface area contributed by atoms with Gasteiger partial charge in [0.25, 0.3) is 0 Å². The fraction of sp³-hybridized carbons (Fsp3) is 0.519. The Hall–Kier alpha value is -2.33. The monoisotopic (exact) mass is 422 g/mol. The second-order valence-electron chi connectivity index (χ2n) is 9.66. The van der Waals surface area contributed by atoms with Gasteiger partial charge in [0, 0.05) is 51.3 Å². The van der Waals surface area contributed by atoms with Crippen molar-refractivity contribution in [2.45, 2.75) is 64.0 Å². The fourth-order valence-corrected chi connectivity index (χ4v) is 4.86. The first-order valence-electron chi connectivity index (χ1n) is 11.5. The number of nitrogens with zero attached hydrogens (tertiary/aromatic N) is 2. The molecular weight excluding hydrogens is 384 g/mol. The SMILES string of the molecule is CCC(=O)N(CC[C@@]1(c2ccccc2)CCOC(C)(C)C1)Cc1ccc(N(C)C)cc1. The second kappa shape index (κ2) is 9.86. The van der Waals surface area contributed by atoms with E-state index in [1.165, 1.54) is 16.8 Å². The highest BCUT2D eigenvalue weighted by molar-refractivity contribution is 5.75. The van der Waals surface area contributed by atoms with Gasteiger partial charge in [-0.25, -0.2) is 0 Å². The number of amides is 1. The molecule has 1 amide bonds. The van der Waals surface area contributed by atoms with Crippen LogP contribution in [0.2, 0.25) is 0 Å². The van der Waals surface area contributed by atoms with Crippen molar-refractivity contribution in [1.82, 2.24) is 4.90 Å². The quantitative estimate of drug-likeness (QED) is 0.570. The molecule has 0 spiro atoms. The molecule has 0 unspecified atom stereocenters. The molecule has 4 nitrogen and oxygen atoms in total. The molecule has 0 saturated carbocycles. The van der Waals surface area contributed by atoms with Gasteiger partial charge in [0.05, 0.1) is 5.60 Å². The van der Waals surface area contributed by atoms with Crippen LogP contribution in [0.15, 0.2) is 54.6 Å². The Bertz CT molecular complexity index is 845. The molecule has 1 fully saturated rings. The fourth-order valence-electron chi connectivity index (χ4n) is 4.86. The Kier molecular flexibility index (Phi) is 7.42. The average molecular weight is 423 g/mol. The number of ether oxygens (including phenoxy) is 1. The zero-order chi connectivity index (χ0) is 22.5. The summed E-state index contributed by atoms with van der Waals surface area (Å²) in [4.78, 5) is 17.0. The van der Waals surface area contributed by atoms with Crippen LogP contribution in [-0.2, 0) is 21.5 Å². The number of hydrogen-bond acceptors (Lipinski definition) is 3. The van der Waals surface area contributed by atoms with Gasteiger partial charge in [-0.15, -0.1) is 0 Å². The highest BCUT2D eigenvalue weighted by Gasteiger charge is 2.42. The van der Waals surface area contributed by atoms with Gasteiger partial charge in [0.15, 0.2) is 0 Å². The molecule has 0 aliphatic carbocycles. The van der Waals surface area contributed by atoms with Crippen molar-refractivity contribution < 1.29 is 9.53 Å². The Balaban J connectivity index is 1.80. The summed E-state index contributed by atoms with van der Waals surface area (Å²) in [7, 11) is 4.08. The van der Waals surface area contributed by atoms with E-state index in [9.17, 15) is 4.79 Å². The Morgan fingerprint density at radius 1 is 1.03 bits per heavy atom. The van der Waals surface area contributed by atoms with Gasteiger partial charge in [-0.05, 0) is 56.4 Å². The van der Waals surface area contributed by atoms with Crippen molar-refractivity contribution in [3.05, 3.63) is 65.7 Å². The lowest BCUT2D eigenvalue weighted by molar-refractivity contribution is -0.132. The van der Waals surface area contributed by atoms with Crippen LogP contribution in [0.3, 0.4) is 0 Å². The molecule has 1 heterocycles. The molecular formula is C27H38N2O2. The van der Waals surface area contributed by atoms with Crippen LogP contribution in [-0.4, -0.2) is 43.7 Å². The van der Waals surface area contributed by atoms with Crippen LogP contribution in [0.1, 0.15) is 57.6 Å². The predicted molar refractivity (Wildman–Crippen MR) is 128 cm³/mol. The van der Waals surface area contributed by atoms with Gasteiger partial charge in [-0.1, -0.05) is 49.4 Å². The minimum atomic E-state index is -0.157. The second-order valence-corrected chi connectivity index (χ2v) is 9.66. The Morgan fingerprint density at radius 3 is 2.29 bits per heavy atom. The van der Waals surface area contributed by atoms with E-state index in [1.807, 2.05) is 25.9 Å². The molecule has 1 atom stereocenters. The van der Waals surface area contributed by atoms with Gasteiger partial charge in [0.2, 0.25) is 5.91 Å². The van der Waals surface area contributed by atoms with Crippen molar-refractivity contribution >= 4 is 11.6 Å². The Labute approximate surface area is 188 Å². The normalized spacial score (nSPS) is 20.3. The first kappa shape index (κ1) is 23.3. The minimum Gasteiger partial charge on any atom is -0.378 e. The van der Waals surface area contributed by atoms with E-state index in [1.54, 1.807) is 0 Å². The summed E-state index contributed by atoms with van der Waals surface area (Å²) < 4.78 is 6.06. The molecule has 2 aromatic carbocycles. The van der Waals surface area contributed by atoms with Crippen LogP contribution < -0.4 is 4.90 Å². The summed E-state index contributed by atoms with van der Waals surface area (Å²) in [6.45, 7) is 8.50. The van der Waals surface area contributed by atoms with Crippen molar-refractivity contribution in [3.63, 3.8) is 0 Å². The van der Waals surface area contributed by atoms with E-state index in [0.29, 0.717) is 13.0 Å². The lowest BCUT2D eigenvalue weighted by atomic mass is 9.67. The summed E-state index contributed by atoms with van der Waals surface area (Å²) in [5.74, 6) is 0.214. The third-order valence-electron chi connectivity index (χ3n) is 6.57. The molecule has 0 bridgehead atoms.